The molecule has 1 aromatic heterocycles. The number of fused-ring (bicyclic) bond motifs is 1. The molecular weight excluding hydrogens is 469 g/mol. The molecule has 1 saturated heterocycles. The molecule has 36 heavy (non-hydrogen) atoms. The fourth-order valence-electron chi connectivity index (χ4n) is 4.72. The zero-order chi connectivity index (χ0) is 25.3. The van der Waals surface area contributed by atoms with E-state index < -0.39 is 11.7 Å². The largest absolute Gasteiger partial charge is 0.416 e. The van der Waals surface area contributed by atoms with Crippen LogP contribution in [0.25, 0.3) is 0 Å². The molecule has 6 nitrogen and oxygen atoms in total. The van der Waals surface area contributed by atoms with E-state index in [1.807, 2.05) is 6.07 Å². The van der Waals surface area contributed by atoms with Gasteiger partial charge in [-0.15, -0.1) is 0 Å². The van der Waals surface area contributed by atoms with E-state index in [1.54, 1.807) is 4.90 Å². The summed E-state index contributed by atoms with van der Waals surface area (Å²) in [5.41, 5.74) is 3.60. The maximum Gasteiger partial charge on any atom is 0.416 e. The van der Waals surface area contributed by atoms with Crippen molar-refractivity contribution < 1.29 is 22.7 Å². The Morgan fingerprint density at radius 1 is 1.03 bits per heavy atom. The third-order valence-corrected chi connectivity index (χ3v) is 6.59. The second kappa shape index (κ2) is 9.89. The third-order valence-electron chi connectivity index (χ3n) is 6.59. The van der Waals surface area contributed by atoms with Crippen molar-refractivity contribution in [1.29, 1.82) is 0 Å². The lowest BCUT2D eigenvalue weighted by atomic mass is 10.0. The van der Waals surface area contributed by atoms with Gasteiger partial charge in [-0.3, -0.25) is 4.79 Å². The summed E-state index contributed by atoms with van der Waals surface area (Å²) in [5.74, 6) is 1.25. The first kappa shape index (κ1) is 24.2. The molecule has 2 aromatic carbocycles. The number of halogens is 3. The van der Waals surface area contributed by atoms with Crippen LogP contribution in [0.5, 0.6) is 0 Å². The van der Waals surface area contributed by atoms with Gasteiger partial charge < -0.3 is 14.5 Å². The van der Waals surface area contributed by atoms with E-state index in [2.05, 4.69) is 30.0 Å². The lowest BCUT2D eigenvalue weighted by Gasteiger charge is -2.34. The number of nitrogens with zero attached hydrogens (tertiary/aromatic N) is 4. The van der Waals surface area contributed by atoms with E-state index in [4.69, 9.17) is 14.7 Å². The van der Waals surface area contributed by atoms with E-state index in [-0.39, 0.29) is 11.5 Å². The van der Waals surface area contributed by atoms with Crippen molar-refractivity contribution in [2.24, 2.45) is 0 Å². The van der Waals surface area contributed by atoms with Gasteiger partial charge in [-0.05, 0) is 36.8 Å². The Morgan fingerprint density at radius 2 is 1.78 bits per heavy atom. The molecule has 1 amide bonds. The number of benzene rings is 2. The highest BCUT2D eigenvalue weighted by molar-refractivity contribution is 5.94. The summed E-state index contributed by atoms with van der Waals surface area (Å²) < 4.78 is 44.3. The minimum Gasteiger partial charge on any atom is -0.378 e. The van der Waals surface area contributed by atoms with Gasteiger partial charge in [-0.25, -0.2) is 9.97 Å². The van der Waals surface area contributed by atoms with Crippen molar-refractivity contribution in [3.05, 3.63) is 87.9 Å². The van der Waals surface area contributed by atoms with Crippen LogP contribution in [0.4, 0.5) is 19.0 Å². The van der Waals surface area contributed by atoms with Gasteiger partial charge in [0.1, 0.15) is 11.6 Å². The van der Waals surface area contributed by atoms with Gasteiger partial charge in [0.25, 0.3) is 5.91 Å². The average Bonchev–Trinajstić information content (AvgIpc) is 2.88. The summed E-state index contributed by atoms with van der Waals surface area (Å²) >= 11 is 0. The number of hydrogen-bond donors (Lipinski definition) is 0. The van der Waals surface area contributed by atoms with Crippen LogP contribution in [-0.2, 0) is 30.3 Å². The zero-order valence-corrected chi connectivity index (χ0v) is 20.0. The molecule has 3 aromatic rings. The molecule has 9 heteroatoms. The highest BCUT2D eigenvalue weighted by Gasteiger charge is 2.32. The lowest BCUT2D eigenvalue weighted by Crippen LogP contribution is -2.41. The van der Waals surface area contributed by atoms with E-state index in [1.165, 1.54) is 17.7 Å². The first-order chi connectivity index (χ1) is 17.3. The quantitative estimate of drug-likeness (QED) is 0.535. The third kappa shape index (κ3) is 5.21. The van der Waals surface area contributed by atoms with Crippen LogP contribution in [0.3, 0.4) is 0 Å². The summed E-state index contributed by atoms with van der Waals surface area (Å²) in [5, 5.41) is 0. The molecule has 0 aliphatic carbocycles. The van der Waals surface area contributed by atoms with Crippen LogP contribution < -0.4 is 4.90 Å². The molecule has 0 N–H and O–H groups in total. The Kier molecular flexibility index (Phi) is 6.66. The fraction of sp³-hybridized carbons (Fsp3) is 0.370. The van der Waals surface area contributed by atoms with Crippen molar-refractivity contribution >= 4 is 11.7 Å². The van der Waals surface area contributed by atoms with Gasteiger partial charge in [0, 0.05) is 43.6 Å². The molecule has 0 unspecified atom stereocenters. The average molecular weight is 497 g/mol. The monoisotopic (exact) mass is 496 g/mol. The van der Waals surface area contributed by atoms with Crippen molar-refractivity contribution in [2.45, 2.75) is 32.5 Å². The number of carbonyl (C=O) groups excluding carboxylic acids is 1. The zero-order valence-electron chi connectivity index (χ0n) is 20.0. The lowest BCUT2D eigenvalue weighted by molar-refractivity contribution is -0.137. The number of carbonyl (C=O) groups is 1. The molecule has 1 fully saturated rings. The van der Waals surface area contributed by atoms with Crippen LogP contribution in [0.2, 0.25) is 0 Å². The van der Waals surface area contributed by atoms with Crippen LogP contribution in [0.1, 0.15) is 44.1 Å². The van der Waals surface area contributed by atoms with Gasteiger partial charge >= 0.3 is 6.18 Å². The highest BCUT2D eigenvalue weighted by Crippen LogP contribution is 2.31. The molecule has 2 aliphatic rings. The van der Waals surface area contributed by atoms with Crippen molar-refractivity contribution in [3.63, 3.8) is 0 Å². The minimum absolute atomic E-state index is 0.233. The molecule has 3 heterocycles. The Labute approximate surface area is 207 Å². The molecule has 2 aliphatic heterocycles. The van der Waals surface area contributed by atoms with E-state index in [9.17, 15) is 18.0 Å². The van der Waals surface area contributed by atoms with Crippen molar-refractivity contribution in [3.8, 4) is 0 Å². The van der Waals surface area contributed by atoms with Crippen LogP contribution in [0.15, 0.2) is 48.5 Å². The smallest absolute Gasteiger partial charge is 0.378 e. The first-order valence-corrected chi connectivity index (χ1v) is 12.0. The number of aromatic nitrogens is 2. The molecular formula is C27H27F3N4O2. The van der Waals surface area contributed by atoms with Crippen molar-refractivity contribution in [2.75, 3.05) is 37.7 Å². The summed E-state index contributed by atoms with van der Waals surface area (Å²) in [6.07, 6.45) is -3.27. The maximum absolute atomic E-state index is 13.2. The fourth-order valence-corrected chi connectivity index (χ4v) is 4.72. The standard InChI is InChI=1S/C27H27F3N4O2/c1-18-3-2-4-19(15-18)16-24-31-23-9-10-34(17-22(23)25(32-24)33-11-13-36-14-12-33)26(35)20-5-7-21(8-6-20)27(28,29)30/h2-8,15H,9-14,16-17H2,1H3. The van der Waals surface area contributed by atoms with Crippen LogP contribution >= 0.6 is 0 Å². The second-order valence-corrected chi connectivity index (χ2v) is 9.21. The Balaban J connectivity index is 1.43. The van der Waals surface area contributed by atoms with Crippen LogP contribution in [0, 0.1) is 6.92 Å². The molecule has 0 spiro atoms. The number of anilines is 1. The van der Waals surface area contributed by atoms with E-state index in [0.717, 1.165) is 40.6 Å². The van der Waals surface area contributed by atoms with Gasteiger partial charge in [-0.1, -0.05) is 29.8 Å². The predicted molar refractivity (Wildman–Crippen MR) is 129 cm³/mol. The number of ether oxygens (including phenoxy) is 1. The summed E-state index contributed by atoms with van der Waals surface area (Å²) in [6, 6.07) is 12.7. The number of alkyl halides is 3. The number of aryl methyl sites for hydroxylation is 1. The minimum atomic E-state index is -4.44. The number of hydrogen-bond acceptors (Lipinski definition) is 5. The highest BCUT2D eigenvalue weighted by atomic mass is 19.4. The predicted octanol–water partition coefficient (Wildman–Crippen LogP) is 4.43. The summed E-state index contributed by atoms with van der Waals surface area (Å²) in [7, 11) is 0. The molecule has 5 rings (SSSR count). The Hall–Kier alpha value is -3.46. The maximum atomic E-state index is 13.2. The second-order valence-electron chi connectivity index (χ2n) is 9.21. The molecule has 188 valence electrons. The number of rotatable bonds is 4. The topological polar surface area (TPSA) is 58.6 Å². The van der Waals surface area contributed by atoms with Crippen LogP contribution in [-0.4, -0.2) is 53.6 Å². The normalized spacial score (nSPS) is 16.1. The van der Waals surface area contributed by atoms with Gasteiger partial charge in [0.05, 0.1) is 31.0 Å². The molecule has 0 atom stereocenters. The van der Waals surface area contributed by atoms with Gasteiger partial charge in [0.15, 0.2) is 0 Å². The summed E-state index contributed by atoms with van der Waals surface area (Å²) in [6.45, 7) is 5.39. The Morgan fingerprint density at radius 3 is 2.47 bits per heavy atom. The SMILES string of the molecule is Cc1cccc(Cc2nc3c(c(N4CCOCC4)n2)CN(C(=O)c2ccc(C(F)(F)F)cc2)CC3)c1. The first-order valence-electron chi connectivity index (χ1n) is 12.0. The summed E-state index contributed by atoms with van der Waals surface area (Å²) in [4.78, 5) is 26.8. The number of morpholine rings is 1. The number of amides is 1. The molecule has 0 radical (unpaired) electrons. The van der Waals surface area contributed by atoms with Gasteiger partial charge in [-0.2, -0.15) is 13.2 Å². The molecule has 0 bridgehead atoms. The van der Waals surface area contributed by atoms with E-state index >= 15 is 0 Å². The Bertz CT molecular complexity index is 1250. The molecule has 0 saturated carbocycles. The van der Waals surface area contributed by atoms with E-state index in [0.29, 0.717) is 52.2 Å². The van der Waals surface area contributed by atoms with Crippen molar-refractivity contribution in [1.82, 2.24) is 14.9 Å². The van der Waals surface area contributed by atoms with Gasteiger partial charge in [0.2, 0.25) is 0 Å².